The average Bonchev–Trinajstić information content (AvgIpc) is 2.65. The Kier molecular flexibility index (Phi) is 3.46. The molecule has 126 valence electrons. The molecule has 0 bridgehead atoms. The van der Waals surface area contributed by atoms with Crippen LogP contribution in [-0.2, 0) is 6.42 Å². The molecule has 0 nitrogen and oxygen atoms in total. The van der Waals surface area contributed by atoms with E-state index in [1.165, 1.54) is 49.7 Å². The Labute approximate surface area is 155 Å². The maximum absolute atomic E-state index is 2.37. The van der Waals surface area contributed by atoms with E-state index in [2.05, 4.69) is 92.7 Å². The number of aryl methyl sites for hydroxylation is 2. The number of hydrogen-bond donors (Lipinski definition) is 0. The predicted octanol–water partition coefficient (Wildman–Crippen LogP) is 6.54. The maximum Gasteiger partial charge on any atom is 0.0345 e. The van der Waals surface area contributed by atoms with Crippen LogP contribution in [-0.4, -0.2) is 0 Å². The molecule has 0 amide bonds. The maximum atomic E-state index is 2.37. The molecule has 0 saturated heterocycles. The van der Waals surface area contributed by atoms with Crippen LogP contribution >= 0.6 is 0 Å². The zero-order valence-corrected chi connectivity index (χ0v) is 15.3. The summed E-state index contributed by atoms with van der Waals surface area (Å²) in [5.41, 5.74) is 9.94. The Bertz CT molecular complexity index is 1080. The highest BCUT2D eigenvalue weighted by Gasteiger charge is 2.27. The summed E-state index contributed by atoms with van der Waals surface area (Å²) in [6.07, 6.45) is 1.04. The molecular formula is C26H22. The van der Waals surface area contributed by atoms with Gasteiger partial charge in [0.25, 0.3) is 0 Å². The zero-order chi connectivity index (χ0) is 17.7. The Hall–Kier alpha value is -2.86. The molecule has 0 unspecified atom stereocenters. The molecule has 0 atom stereocenters. The molecule has 0 fully saturated rings. The molecule has 26 heavy (non-hydrogen) atoms. The minimum absolute atomic E-state index is 0.319. The summed E-state index contributed by atoms with van der Waals surface area (Å²) in [6.45, 7) is 4.38. The fourth-order valence-corrected chi connectivity index (χ4v) is 4.46. The topological polar surface area (TPSA) is 0 Å². The molecule has 0 aliphatic heterocycles. The van der Waals surface area contributed by atoms with E-state index >= 15 is 0 Å². The molecule has 1 aliphatic rings. The van der Waals surface area contributed by atoms with Crippen molar-refractivity contribution in [2.45, 2.75) is 26.2 Å². The summed E-state index contributed by atoms with van der Waals surface area (Å²) < 4.78 is 0. The van der Waals surface area contributed by atoms with E-state index in [-0.39, 0.29) is 0 Å². The Morgan fingerprint density at radius 1 is 0.615 bits per heavy atom. The minimum Gasteiger partial charge on any atom is -0.0616 e. The SMILES string of the molecule is Cc1ccc2c(c1)Cc1cc(C)ccc1C2c1ccc2ccccc2c1. The van der Waals surface area contributed by atoms with Crippen LogP contribution in [0.15, 0.2) is 78.9 Å². The molecule has 4 aromatic carbocycles. The van der Waals surface area contributed by atoms with Crippen molar-refractivity contribution < 1.29 is 0 Å². The fourth-order valence-electron chi connectivity index (χ4n) is 4.46. The second-order valence-electron chi connectivity index (χ2n) is 7.62. The van der Waals surface area contributed by atoms with Gasteiger partial charge in [0, 0.05) is 5.92 Å². The summed E-state index contributed by atoms with van der Waals surface area (Å²) in [6, 6.07) is 29.5. The van der Waals surface area contributed by atoms with E-state index in [0.29, 0.717) is 5.92 Å². The summed E-state index contributed by atoms with van der Waals surface area (Å²) >= 11 is 0. The summed E-state index contributed by atoms with van der Waals surface area (Å²) in [7, 11) is 0. The van der Waals surface area contributed by atoms with Crippen molar-refractivity contribution in [1.29, 1.82) is 0 Å². The van der Waals surface area contributed by atoms with Gasteiger partial charge in [-0.1, -0.05) is 90.0 Å². The molecule has 0 radical (unpaired) electrons. The van der Waals surface area contributed by atoms with Crippen molar-refractivity contribution in [2.75, 3.05) is 0 Å². The molecule has 1 aliphatic carbocycles. The van der Waals surface area contributed by atoms with E-state index in [1.54, 1.807) is 0 Å². The molecule has 0 N–H and O–H groups in total. The van der Waals surface area contributed by atoms with Gasteiger partial charge in [-0.3, -0.25) is 0 Å². The molecule has 4 aromatic rings. The molecule has 0 heterocycles. The zero-order valence-electron chi connectivity index (χ0n) is 15.3. The first-order chi connectivity index (χ1) is 12.7. The lowest BCUT2D eigenvalue weighted by molar-refractivity contribution is 0.883. The van der Waals surface area contributed by atoms with Crippen LogP contribution < -0.4 is 0 Å². The van der Waals surface area contributed by atoms with Crippen LogP contribution in [0.5, 0.6) is 0 Å². The number of rotatable bonds is 1. The predicted molar refractivity (Wildman–Crippen MR) is 110 cm³/mol. The molecule has 0 saturated carbocycles. The summed E-state index contributed by atoms with van der Waals surface area (Å²) in [5.74, 6) is 0.319. The van der Waals surface area contributed by atoms with Crippen LogP contribution in [0.3, 0.4) is 0 Å². The van der Waals surface area contributed by atoms with Crippen LogP contribution in [0, 0.1) is 13.8 Å². The monoisotopic (exact) mass is 334 g/mol. The van der Waals surface area contributed by atoms with Gasteiger partial charge >= 0.3 is 0 Å². The van der Waals surface area contributed by atoms with E-state index in [4.69, 9.17) is 0 Å². The summed E-state index contributed by atoms with van der Waals surface area (Å²) in [5, 5.41) is 2.62. The number of hydrogen-bond acceptors (Lipinski definition) is 0. The van der Waals surface area contributed by atoms with Crippen molar-refractivity contribution in [2.24, 2.45) is 0 Å². The highest BCUT2D eigenvalue weighted by Crippen LogP contribution is 2.42. The highest BCUT2D eigenvalue weighted by atomic mass is 14.3. The molecule has 0 spiro atoms. The van der Waals surface area contributed by atoms with Crippen LogP contribution in [0.4, 0.5) is 0 Å². The normalized spacial score (nSPS) is 13.5. The quantitative estimate of drug-likeness (QED) is 0.326. The van der Waals surface area contributed by atoms with Crippen molar-refractivity contribution in [1.82, 2.24) is 0 Å². The van der Waals surface area contributed by atoms with E-state index in [1.807, 2.05) is 0 Å². The van der Waals surface area contributed by atoms with Crippen molar-refractivity contribution in [3.63, 3.8) is 0 Å². The van der Waals surface area contributed by atoms with Gasteiger partial charge in [-0.05, 0) is 58.9 Å². The third-order valence-corrected chi connectivity index (χ3v) is 5.71. The Morgan fingerprint density at radius 2 is 1.23 bits per heavy atom. The van der Waals surface area contributed by atoms with Gasteiger partial charge in [0.2, 0.25) is 0 Å². The first kappa shape index (κ1) is 15.4. The number of fused-ring (bicyclic) bond motifs is 3. The van der Waals surface area contributed by atoms with Gasteiger partial charge in [-0.25, -0.2) is 0 Å². The lowest BCUT2D eigenvalue weighted by Gasteiger charge is -2.30. The van der Waals surface area contributed by atoms with E-state index in [9.17, 15) is 0 Å². The average molecular weight is 334 g/mol. The first-order valence-corrected chi connectivity index (χ1v) is 9.36. The van der Waals surface area contributed by atoms with Crippen molar-refractivity contribution in [3.8, 4) is 0 Å². The lowest BCUT2D eigenvalue weighted by atomic mass is 9.74. The van der Waals surface area contributed by atoms with E-state index in [0.717, 1.165) is 6.42 Å². The second-order valence-corrected chi connectivity index (χ2v) is 7.62. The standard InChI is InChI=1S/C26H22/c1-17-7-11-24-22(13-17)16-23-14-18(2)8-12-25(23)26(24)21-10-9-19-5-3-4-6-20(19)15-21/h3-15,26H,16H2,1-2H3. The molecule has 5 rings (SSSR count). The second kappa shape index (κ2) is 5.85. The fraction of sp³-hybridized carbons (Fsp3) is 0.154. The third kappa shape index (κ3) is 2.45. The van der Waals surface area contributed by atoms with Gasteiger partial charge in [0.15, 0.2) is 0 Å². The van der Waals surface area contributed by atoms with Gasteiger partial charge in [0.05, 0.1) is 0 Å². The van der Waals surface area contributed by atoms with Crippen LogP contribution in [0.1, 0.15) is 44.9 Å². The third-order valence-electron chi connectivity index (χ3n) is 5.71. The van der Waals surface area contributed by atoms with Gasteiger partial charge in [-0.15, -0.1) is 0 Å². The highest BCUT2D eigenvalue weighted by molar-refractivity contribution is 5.83. The largest absolute Gasteiger partial charge is 0.0616 e. The van der Waals surface area contributed by atoms with Crippen molar-refractivity contribution >= 4 is 10.8 Å². The Morgan fingerprint density at radius 3 is 1.88 bits per heavy atom. The van der Waals surface area contributed by atoms with Crippen LogP contribution in [0.2, 0.25) is 0 Å². The van der Waals surface area contributed by atoms with E-state index < -0.39 is 0 Å². The number of benzene rings is 4. The summed E-state index contributed by atoms with van der Waals surface area (Å²) in [4.78, 5) is 0. The van der Waals surface area contributed by atoms with Crippen LogP contribution in [0.25, 0.3) is 10.8 Å². The molecule has 0 heteroatoms. The van der Waals surface area contributed by atoms with Gasteiger partial charge in [0.1, 0.15) is 0 Å². The lowest BCUT2D eigenvalue weighted by Crippen LogP contribution is -2.15. The van der Waals surface area contributed by atoms with Gasteiger partial charge < -0.3 is 0 Å². The molecular weight excluding hydrogens is 312 g/mol. The minimum atomic E-state index is 0.319. The smallest absolute Gasteiger partial charge is 0.0345 e. The first-order valence-electron chi connectivity index (χ1n) is 9.36. The van der Waals surface area contributed by atoms with Crippen molar-refractivity contribution in [3.05, 3.63) is 118 Å². The van der Waals surface area contributed by atoms with Gasteiger partial charge in [-0.2, -0.15) is 0 Å². The molecule has 0 aromatic heterocycles. The Balaban J connectivity index is 1.76.